The molecule has 0 atom stereocenters. The van der Waals surface area contributed by atoms with Gasteiger partial charge in [0.2, 0.25) is 0 Å². The summed E-state index contributed by atoms with van der Waals surface area (Å²) >= 11 is 0. The van der Waals surface area contributed by atoms with Crippen LogP contribution in [0.5, 0.6) is 0 Å². The van der Waals surface area contributed by atoms with E-state index in [0.717, 1.165) is 17.6 Å². The Morgan fingerprint density at radius 2 is 2.00 bits per heavy atom. The zero-order chi connectivity index (χ0) is 13.1. The minimum Gasteiger partial charge on any atom is -0.476 e. The first-order chi connectivity index (χ1) is 8.63. The zero-order valence-electron chi connectivity index (χ0n) is 9.81. The molecule has 6 N–H and O–H groups in total. The third kappa shape index (κ3) is 2.21. The van der Waals surface area contributed by atoms with E-state index in [1.807, 2.05) is 24.3 Å². The van der Waals surface area contributed by atoms with Gasteiger partial charge in [0.1, 0.15) is 0 Å². The van der Waals surface area contributed by atoms with Crippen LogP contribution in [0.2, 0.25) is 0 Å². The normalized spacial score (nSPS) is 15.3. The number of benzene rings is 1. The van der Waals surface area contributed by atoms with Gasteiger partial charge in [0.25, 0.3) is 0 Å². The van der Waals surface area contributed by atoms with E-state index in [1.54, 1.807) is 0 Å². The highest BCUT2D eigenvalue weighted by molar-refractivity contribution is 5.88. The maximum Gasteiger partial charge on any atom is 0.355 e. The lowest BCUT2D eigenvalue weighted by atomic mass is 9.90. The molecule has 5 nitrogen and oxygen atoms in total. The van der Waals surface area contributed by atoms with Crippen molar-refractivity contribution >= 4 is 12.0 Å². The van der Waals surface area contributed by atoms with E-state index in [9.17, 15) is 4.79 Å². The van der Waals surface area contributed by atoms with E-state index in [4.69, 9.17) is 16.7 Å². The van der Waals surface area contributed by atoms with Crippen molar-refractivity contribution in [1.29, 1.82) is 0 Å². The van der Waals surface area contributed by atoms with Crippen LogP contribution in [-0.2, 0) is 11.2 Å². The van der Waals surface area contributed by atoms with Crippen LogP contribution >= 0.6 is 0 Å². The van der Waals surface area contributed by atoms with Gasteiger partial charge in [0.15, 0.2) is 5.70 Å². The van der Waals surface area contributed by atoms with E-state index in [1.165, 1.54) is 5.56 Å². The van der Waals surface area contributed by atoms with Gasteiger partial charge in [-0.1, -0.05) is 24.3 Å². The fourth-order valence-corrected chi connectivity index (χ4v) is 2.06. The van der Waals surface area contributed by atoms with Gasteiger partial charge in [-0.15, -0.1) is 0 Å². The molecular weight excluding hydrogens is 230 g/mol. The molecule has 94 valence electrons. The highest BCUT2D eigenvalue weighted by Crippen LogP contribution is 2.26. The molecule has 0 heterocycles. The number of rotatable bonds is 3. The maximum atomic E-state index is 11.0. The number of fused-ring (bicyclic) bond motifs is 1. The molecule has 0 radical (unpaired) electrons. The molecule has 0 bridgehead atoms. The lowest BCUT2D eigenvalue weighted by molar-refractivity contribution is -0.133. The van der Waals surface area contributed by atoms with Crippen molar-refractivity contribution in [2.45, 2.75) is 12.8 Å². The zero-order valence-corrected chi connectivity index (χ0v) is 9.81. The monoisotopic (exact) mass is 245 g/mol. The van der Waals surface area contributed by atoms with Gasteiger partial charge in [-0.05, 0) is 35.6 Å². The Balaban J connectivity index is 2.43. The van der Waals surface area contributed by atoms with Crippen LogP contribution in [0.3, 0.4) is 0 Å². The fraction of sp³-hybridized carbons (Fsp3) is 0.154. The summed E-state index contributed by atoms with van der Waals surface area (Å²) < 4.78 is 0. The third-order valence-electron chi connectivity index (χ3n) is 3.02. The Kier molecular flexibility index (Phi) is 3.34. The molecule has 5 heteroatoms. The Morgan fingerprint density at radius 1 is 1.28 bits per heavy atom. The van der Waals surface area contributed by atoms with Crippen molar-refractivity contribution < 1.29 is 9.90 Å². The minimum atomic E-state index is -1.16. The van der Waals surface area contributed by atoms with E-state index in [0.29, 0.717) is 6.42 Å². The second kappa shape index (κ2) is 4.93. The van der Waals surface area contributed by atoms with Gasteiger partial charge in [0.05, 0.1) is 5.70 Å². The summed E-state index contributed by atoms with van der Waals surface area (Å²) in [4.78, 5) is 11.0. The average molecular weight is 245 g/mol. The standard InChI is InChI=1S/C13H15N3O2/c14-11(12(16-15)13(17)18)10-6-5-8-3-1-2-4-9(8)7-10/h1-4,7,16H,5-6,14-15H2,(H,17,18)/b12-11-. The number of nitrogens with two attached hydrogens (primary N) is 2. The molecule has 2 rings (SSSR count). The molecule has 1 aromatic carbocycles. The summed E-state index contributed by atoms with van der Waals surface area (Å²) in [5.41, 5.74) is 11.1. The molecule has 0 spiro atoms. The molecule has 1 aromatic rings. The number of aliphatic carboxylic acids is 1. The molecule has 0 aromatic heterocycles. The van der Waals surface area contributed by atoms with Crippen LogP contribution in [-0.4, -0.2) is 11.1 Å². The summed E-state index contributed by atoms with van der Waals surface area (Å²) in [6, 6.07) is 7.97. The first-order valence-corrected chi connectivity index (χ1v) is 5.62. The smallest absolute Gasteiger partial charge is 0.355 e. The second-order valence-electron chi connectivity index (χ2n) is 4.11. The van der Waals surface area contributed by atoms with Crippen molar-refractivity contribution in [2.24, 2.45) is 11.6 Å². The highest BCUT2D eigenvalue weighted by atomic mass is 16.4. The van der Waals surface area contributed by atoms with Crippen LogP contribution in [0.25, 0.3) is 6.08 Å². The maximum absolute atomic E-state index is 11.0. The van der Waals surface area contributed by atoms with Gasteiger partial charge in [-0.2, -0.15) is 0 Å². The average Bonchev–Trinajstić information content (AvgIpc) is 2.38. The number of carboxylic acid groups (broad SMARTS) is 1. The number of allylic oxidation sites excluding steroid dienone is 1. The van der Waals surface area contributed by atoms with Gasteiger partial charge in [-0.3, -0.25) is 5.84 Å². The number of hydrazine groups is 1. The molecule has 0 amide bonds. The molecular formula is C13H15N3O2. The summed E-state index contributed by atoms with van der Waals surface area (Å²) in [6.45, 7) is 0. The largest absolute Gasteiger partial charge is 0.476 e. The number of aryl methyl sites for hydroxylation is 1. The van der Waals surface area contributed by atoms with Crippen molar-refractivity contribution in [2.75, 3.05) is 0 Å². The van der Waals surface area contributed by atoms with E-state index in [2.05, 4.69) is 11.5 Å². The number of carbonyl (C=O) groups is 1. The first-order valence-electron chi connectivity index (χ1n) is 5.62. The number of hydrogen-bond acceptors (Lipinski definition) is 4. The lowest BCUT2D eigenvalue weighted by Gasteiger charge is -2.18. The summed E-state index contributed by atoms with van der Waals surface area (Å²) in [7, 11) is 0. The van der Waals surface area contributed by atoms with Crippen molar-refractivity contribution in [3.8, 4) is 0 Å². The minimum absolute atomic E-state index is 0.166. The molecule has 0 unspecified atom stereocenters. The van der Waals surface area contributed by atoms with Crippen LogP contribution < -0.4 is 17.0 Å². The lowest BCUT2D eigenvalue weighted by Crippen LogP contribution is -2.30. The van der Waals surface area contributed by atoms with Crippen LogP contribution in [0.4, 0.5) is 0 Å². The predicted octanol–water partition coefficient (Wildman–Crippen LogP) is 0.734. The van der Waals surface area contributed by atoms with Crippen molar-refractivity contribution in [1.82, 2.24) is 5.43 Å². The Bertz CT molecular complexity index is 547. The van der Waals surface area contributed by atoms with Gasteiger partial charge in [-0.25, -0.2) is 4.79 Å². The Morgan fingerprint density at radius 3 is 2.67 bits per heavy atom. The van der Waals surface area contributed by atoms with Gasteiger partial charge in [0, 0.05) is 0 Å². The number of carboxylic acids is 1. The van der Waals surface area contributed by atoms with Gasteiger partial charge >= 0.3 is 5.97 Å². The summed E-state index contributed by atoms with van der Waals surface area (Å²) in [5, 5.41) is 8.96. The highest BCUT2D eigenvalue weighted by Gasteiger charge is 2.17. The van der Waals surface area contributed by atoms with Crippen LogP contribution in [0, 0.1) is 0 Å². The van der Waals surface area contributed by atoms with E-state index < -0.39 is 5.97 Å². The quantitative estimate of drug-likeness (QED) is 0.357. The molecule has 1 aliphatic carbocycles. The molecule has 18 heavy (non-hydrogen) atoms. The Hall–Kier alpha value is -2.27. The SMILES string of the molecule is NN/C(C(=O)O)=C(\N)C1=Cc2ccccc2CC1. The molecule has 1 aliphatic rings. The molecule has 0 saturated carbocycles. The number of hydrogen-bond donors (Lipinski definition) is 4. The topological polar surface area (TPSA) is 101 Å². The molecule has 0 fully saturated rings. The van der Waals surface area contributed by atoms with Crippen molar-refractivity contribution in [3.63, 3.8) is 0 Å². The van der Waals surface area contributed by atoms with Crippen LogP contribution in [0.15, 0.2) is 41.2 Å². The van der Waals surface area contributed by atoms with Crippen molar-refractivity contribution in [3.05, 3.63) is 52.4 Å². The summed E-state index contributed by atoms with van der Waals surface area (Å²) in [6.07, 6.45) is 3.47. The van der Waals surface area contributed by atoms with Crippen LogP contribution in [0.1, 0.15) is 17.5 Å². The third-order valence-corrected chi connectivity index (χ3v) is 3.02. The van der Waals surface area contributed by atoms with Gasteiger partial charge < -0.3 is 16.3 Å². The van der Waals surface area contributed by atoms with E-state index in [-0.39, 0.29) is 11.4 Å². The Labute approximate surface area is 105 Å². The fourth-order valence-electron chi connectivity index (χ4n) is 2.06. The second-order valence-corrected chi connectivity index (χ2v) is 4.11. The molecule has 0 aliphatic heterocycles. The number of nitrogens with one attached hydrogen (secondary N) is 1. The first kappa shape index (κ1) is 12.2. The predicted molar refractivity (Wildman–Crippen MR) is 68.9 cm³/mol. The molecule has 0 saturated heterocycles. The van der Waals surface area contributed by atoms with E-state index >= 15 is 0 Å². The summed E-state index contributed by atoms with van der Waals surface area (Å²) in [5.74, 6) is 4.02.